The number of likely N-dealkylation sites (tertiary alicyclic amines) is 1. The summed E-state index contributed by atoms with van der Waals surface area (Å²) in [5.41, 5.74) is 2.34. The van der Waals surface area contributed by atoms with Crippen molar-refractivity contribution in [2.24, 2.45) is 0 Å². The molecular weight excluding hydrogens is 330 g/mol. The number of thiocarbonyl (C=S) groups is 1. The summed E-state index contributed by atoms with van der Waals surface area (Å²) in [5, 5.41) is 7.31. The second kappa shape index (κ2) is 8.83. The van der Waals surface area contributed by atoms with Crippen LogP contribution in [0.1, 0.15) is 24.4 Å². The standard InChI is InChI=1S/C20H25N3OS/c1-24-18-11-9-17(10-12-18)22-20(25)21-15-19(23-13-5-6-14-23)16-7-3-2-4-8-16/h2-4,7-12,19H,5-6,13-15H2,1H3,(H2,21,22,25)/p+1/t19-/m0/s1. The molecule has 2 aromatic carbocycles. The number of nitrogens with one attached hydrogen (secondary N) is 3. The van der Waals surface area contributed by atoms with Crippen molar-refractivity contribution in [1.29, 1.82) is 0 Å². The van der Waals surface area contributed by atoms with Crippen LogP contribution in [-0.2, 0) is 0 Å². The molecule has 3 rings (SSSR count). The maximum atomic E-state index is 5.48. The van der Waals surface area contributed by atoms with Crippen LogP contribution in [-0.4, -0.2) is 31.9 Å². The van der Waals surface area contributed by atoms with Crippen LogP contribution in [0.5, 0.6) is 5.75 Å². The van der Waals surface area contributed by atoms with Gasteiger partial charge in [-0.3, -0.25) is 0 Å². The Balaban J connectivity index is 1.59. The van der Waals surface area contributed by atoms with Crippen LogP contribution in [0.25, 0.3) is 0 Å². The highest BCUT2D eigenvalue weighted by atomic mass is 32.1. The Labute approximate surface area is 155 Å². The van der Waals surface area contributed by atoms with E-state index in [9.17, 15) is 0 Å². The van der Waals surface area contributed by atoms with E-state index in [1.165, 1.54) is 31.5 Å². The van der Waals surface area contributed by atoms with Crippen molar-refractivity contribution in [1.82, 2.24) is 5.32 Å². The summed E-state index contributed by atoms with van der Waals surface area (Å²) < 4.78 is 5.18. The minimum Gasteiger partial charge on any atom is -0.497 e. The molecule has 1 saturated heterocycles. The molecule has 25 heavy (non-hydrogen) atoms. The zero-order valence-electron chi connectivity index (χ0n) is 14.6. The third-order valence-corrected chi connectivity index (χ3v) is 5.00. The summed E-state index contributed by atoms with van der Waals surface area (Å²) in [4.78, 5) is 1.64. The van der Waals surface area contributed by atoms with Gasteiger partial charge in [-0.1, -0.05) is 30.3 Å². The average Bonchev–Trinajstić information content (AvgIpc) is 3.18. The molecule has 3 N–H and O–H groups in total. The van der Waals surface area contributed by atoms with E-state index in [0.29, 0.717) is 11.2 Å². The number of methoxy groups -OCH3 is 1. The van der Waals surface area contributed by atoms with Gasteiger partial charge in [0.2, 0.25) is 0 Å². The van der Waals surface area contributed by atoms with Crippen molar-refractivity contribution in [3.63, 3.8) is 0 Å². The Kier molecular flexibility index (Phi) is 6.25. The number of anilines is 1. The van der Waals surface area contributed by atoms with Crippen LogP contribution in [0.3, 0.4) is 0 Å². The van der Waals surface area contributed by atoms with Gasteiger partial charge in [-0.15, -0.1) is 0 Å². The molecule has 2 aromatic rings. The van der Waals surface area contributed by atoms with Gasteiger partial charge in [-0.2, -0.15) is 0 Å². The number of hydrogen-bond acceptors (Lipinski definition) is 2. The molecule has 4 nitrogen and oxygen atoms in total. The molecule has 1 atom stereocenters. The fourth-order valence-electron chi connectivity index (χ4n) is 3.41. The van der Waals surface area contributed by atoms with Crippen molar-refractivity contribution in [2.75, 3.05) is 32.1 Å². The second-order valence-electron chi connectivity index (χ2n) is 6.39. The lowest BCUT2D eigenvalue weighted by atomic mass is 10.1. The minimum absolute atomic E-state index is 0.430. The van der Waals surface area contributed by atoms with Gasteiger partial charge in [-0.05, 0) is 36.5 Å². The van der Waals surface area contributed by atoms with Crippen molar-refractivity contribution in [3.05, 3.63) is 60.2 Å². The molecule has 0 amide bonds. The van der Waals surface area contributed by atoms with E-state index in [1.54, 1.807) is 12.0 Å². The van der Waals surface area contributed by atoms with E-state index in [2.05, 4.69) is 41.0 Å². The zero-order chi connectivity index (χ0) is 17.5. The van der Waals surface area contributed by atoms with Crippen molar-refractivity contribution >= 4 is 23.0 Å². The maximum Gasteiger partial charge on any atom is 0.171 e. The van der Waals surface area contributed by atoms with E-state index in [1.807, 2.05) is 24.3 Å². The Hall–Kier alpha value is -2.11. The van der Waals surface area contributed by atoms with Gasteiger partial charge in [0, 0.05) is 24.1 Å². The highest BCUT2D eigenvalue weighted by Gasteiger charge is 2.27. The predicted octanol–water partition coefficient (Wildman–Crippen LogP) is 2.40. The molecule has 5 heteroatoms. The van der Waals surface area contributed by atoms with Gasteiger partial charge >= 0.3 is 0 Å². The lowest BCUT2D eigenvalue weighted by Gasteiger charge is -2.26. The lowest BCUT2D eigenvalue weighted by Crippen LogP contribution is -3.11. The summed E-state index contributed by atoms with van der Waals surface area (Å²) in [5.74, 6) is 0.839. The first kappa shape index (κ1) is 17.7. The first-order valence-electron chi connectivity index (χ1n) is 8.84. The van der Waals surface area contributed by atoms with Crippen LogP contribution < -0.4 is 20.3 Å². The summed E-state index contributed by atoms with van der Waals surface area (Å²) >= 11 is 5.48. The van der Waals surface area contributed by atoms with E-state index >= 15 is 0 Å². The van der Waals surface area contributed by atoms with Crippen LogP contribution in [0.15, 0.2) is 54.6 Å². The molecule has 132 valence electrons. The van der Waals surface area contributed by atoms with Gasteiger partial charge in [0.25, 0.3) is 0 Å². The zero-order valence-corrected chi connectivity index (χ0v) is 15.4. The van der Waals surface area contributed by atoms with Gasteiger partial charge in [0.05, 0.1) is 26.7 Å². The smallest absolute Gasteiger partial charge is 0.171 e. The Morgan fingerprint density at radius 3 is 2.40 bits per heavy atom. The summed E-state index contributed by atoms with van der Waals surface area (Å²) in [6.07, 6.45) is 2.63. The van der Waals surface area contributed by atoms with E-state index in [0.717, 1.165) is 18.0 Å². The number of quaternary nitrogens is 1. The first-order valence-corrected chi connectivity index (χ1v) is 9.25. The molecule has 0 saturated carbocycles. The summed E-state index contributed by atoms with van der Waals surface area (Å²) in [6, 6.07) is 19.0. The maximum absolute atomic E-state index is 5.48. The summed E-state index contributed by atoms with van der Waals surface area (Å²) in [7, 11) is 1.67. The van der Waals surface area contributed by atoms with Gasteiger partial charge < -0.3 is 20.3 Å². The van der Waals surface area contributed by atoms with Gasteiger partial charge in [0.15, 0.2) is 5.11 Å². The number of benzene rings is 2. The third kappa shape index (κ3) is 4.94. The topological polar surface area (TPSA) is 37.7 Å². The van der Waals surface area contributed by atoms with Crippen LogP contribution in [0.4, 0.5) is 5.69 Å². The predicted molar refractivity (Wildman–Crippen MR) is 106 cm³/mol. The average molecular weight is 357 g/mol. The van der Waals surface area contributed by atoms with Crippen molar-refractivity contribution in [2.45, 2.75) is 18.9 Å². The number of ether oxygens (including phenoxy) is 1. The van der Waals surface area contributed by atoms with Crippen molar-refractivity contribution < 1.29 is 9.64 Å². The van der Waals surface area contributed by atoms with Gasteiger partial charge in [-0.25, -0.2) is 0 Å². The monoisotopic (exact) mass is 356 g/mol. The molecule has 0 aliphatic carbocycles. The van der Waals surface area contributed by atoms with Crippen LogP contribution in [0, 0.1) is 0 Å². The SMILES string of the molecule is COc1ccc(NC(=S)NC[C@@H](c2ccccc2)[NH+]2CCCC2)cc1. The fraction of sp³-hybridized carbons (Fsp3) is 0.350. The van der Waals surface area contributed by atoms with Gasteiger partial charge in [0.1, 0.15) is 11.8 Å². The van der Waals surface area contributed by atoms with E-state index in [-0.39, 0.29) is 0 Å². The largest absolute Gasteiger partial charge is 0.497 e. The highest BCUT2D eigenvalue weighted by Crippen LogP contribution is 2.15. The molecule has 1 heterocycles. The molecular formula is C20H26N3OS+. The van der Waals surface area contributed by atoms with E-state index < -0.39 is 0 Å². The lowest BCUT2D eigenvalue weighted by molar-refractivity contribution is -0.918. The fourth-order valence-corrected chi connectivity index (χ4v) is 3.61. The quantitative estimate of drug-likeness (QED) is 0.695. The molecule has 1 aliphatic rings. The molecule has 1 aliphatic heterocycles. The molecule has 0 aromatic heterocycles. The Morgan fingerprint density at radius 2 is 1.76 bits per heavy atom. The number of rotatable bonds is 6. The van der Waals surface area contributed by atoms with E-state index in [4.69, 9.17) is 17.0 Å². The van der Waals surface area contributed by atoms with Crippen LogP contribution >= 0.6 is 12.2 Å². The van der Waals surface area contributed by atoms with Crippen LogP contribution in [0.2, 0.25) is 0 Å². The molecule has 0 unspecified atom stereocenters. The Morgan fingerprint density at radius 1 is 1.08 bits per heavy atom. The number of hydrogen-bond donors (Lipinski definition) is 3. The highest BCUT2D eigenvalue weighted by molar-refractivity contribution is 7.80. The van der Waals surface area contributed by atoms with Crippen molar-refractivity contribution in [3.8, 4) is 5.75 Å². The summed E-state index contributed by atoms with van der Waals surface area (Å²) in [6.45, 7) is 3.31. The molecule has 0 spiro atoms. The third-order valence-electron chi connectivity index (χ3n) is 4.76. The second-order valence-corrected chi connectivity index (χ2v) is 6.80. The minimum atomic E-state index is 0.430. The molecule has 1 fully saturated rings. The normalized spacial score (nSPS) is 15.6. The first-order chi connectivity index (χ1) is 12.3. The Bertz CT molecular complexity index is 669. The molecule has 0 radical (unpaired) electrons. The molecule has 0 bridgehead atoms.